The van der Waals surface area contributed by atoms with Gasteiger partial charge in [0.15, 0.2) is 0 Å². The molecule has 4 aliphatic heterocycles. The van der Waals surface area contributed by atoms with Crippen molar-refractivity contribution in [1.82, 2.24) is 25.2 Å². The summed E-state index contributed by atoms with van der Waals surface area (Å²) in [5.74, 6) is 0.965. The van der Waals surface area contributed by atoms with Gasteiger partial charge in [-0.1, -0.05) is 42.5 Å². The summed E-state index contributed by atoms with van der Waals surface area (Å²) in [6, 6.07) is 18.6. The molecule has 6 heterocycles. The fraction of sp³-hybridized carbons (Fsp3) is 0.452. The molecule has 2 aromatic carbocycles. The van der Waals surface area contributed by atoms with E-state index in [0.29, 0.717) is 24.7 Å². The summed E-state index contributed by atoms with van der Waals surface area (Å²) < 4.78 is 6.49. The van der Waals surface area contributed by atoms with Crippen LogP contribution < -0.4 is 15.0 Å². The van der Waals surface area contributed by atoms with E-state index >= 15 is 0 Å². The van der Waals surface area contributed by atoms with Crippen molar-refractivity contribution in [3.8, 4) is 17.3 Å². The predicted molar refractivity (Wildman–Crippen MR) is 151 cm³/mol. The molecule has 0 spiro atoms. The molecule has 38 heavy (non-hydrogen) atoms. The highest BCUT2D eigenvalue weighted by atomic mass is 16.5. The summed E-state index contributed by atoms with van der Waals surface area (Å²) in [5, 5.41) is 7.17. The fourth-order valence-corrected chi connectivity index (χ4v) is 7.52. The van der Waals surface area contributed by atoms with Gasteiger partial charge in [0.1, 0.15) is 12.4 Å². The maximum absolute atomic E-state index is 6.49. The summed E-state index contributed by atoms with van der Waals surface area (Å²) in [6.07, 6.45) is 9.38. The van der Waals surface area contributed by atoms with E-state index in [9.17, 15) is 0 Å². The average Bonchev–Trinajstić information content (AvgIpc) is 3.64. The highest BCUT2D eigenvalue weighted by Gasteiger charge is 2.45. The second-order valence-electron chi connectivity index (χ2n) is 11.7. The molecule has 4 aliphatic rings. The van der Waals surface area contributed by atoms with Crippen LogP contribution in [-0.4, -0.2) is 70.3 Å². The van der Waals surface area contributed by atoms with Crippen molar-refractivity contribution in [2.24, 2.45) is 0 Å². The number of hydrogen-bond acceptors (Lipinski definition) is 7. The number of hydrogen-bond donors (Lipinski definition) is 1. The van der Waals surface area contributed by atoms with Gasteiger partial charge in [-0.05, 0) is 68.5 Å². The predicted octanol–water partition coefficient (Wildman–Crippen LogP) is 4.79. The molecule has 7 heteroatoms. The minimum atomic E-state index is 0.166. The Morgan fingerprint density at radius 2 is 1.71 bits per heavy atom. The SMILES string of the molecule is c1ccc2c(-c3cc4nc(OCC56CCCN5CCC6)nc(N5C[C@H]6CC[C@@H](C5)N6)c4cn3)cccc2c1. The van der Waals surface area contributed by atoms with Gasteiger partial charge in [-0.2, -0.15) is 9.97 Å². The number of nitrogens with one attached hydrogen (secondary N) is 1. The lowest BCUT2D eigenvalue weighted by atomic mass is 9.95. The van der Waals surface area contributed by atoms with Crippen molar-refractivity contribution in [3.05, 3.63) is 54.7 Å². The molecule has 8 rings (SSSR count). The Hall–Kier alpha value is -3.29. The van der Waals surface area contributed by atoms with Gasteiger partial charge in [-0.25, -0.2) is 0 Å². The topological polar surface area (TPSA) is 66.4 Å². The summed E-state index contributed by atoms with van der Waals surface area (Å²) >= 11 is 0. The van der Waals surface area contributed by atoms with Gasteiger partial charge in [0, 0.05) is 36.9 Å². The molecular weight excluding hydrogens is 472 g/mol. The molecule has 0 amide bonds. The Kier molecular flexibility index (Phi) is 5.30. The number of anilines is 1. The molecule has 0 saturated carbocycles. The largest absolute Gasteiger partial charge is 0.461 e. The number of rotatable bonds is 5. The van der Waals surface area contributed by atoms with Crippen LogP contribution in [-0.2, 0) is 0 Å². The molecule has 7 nitrogen and oxygen atoms in total. The molecule has 1 N–H and O–H groups in total. The van der Waals surface area contributed by atoms with Crippen LogP contribution in [0.2, 0.25) is 0 Å². The van der Waals surface area contributed by atoms with Crippen LogP contribution in [0.4, 0.5) is 5.82 Å². The van der Waals surface area contributed by atoms with Crippen molar-refractivity contribution in [2.45, 2.75) is 56.1 Å². The first-order valence-corrected chi connectivity index (χ1v) is 14.3. The Labute approximate surface area is 223 Å². The lowest BCUT2D eigenvalue weighted by Crippen LogP contribution is -2.51. The zero-order chi connectivity index (χ0) is 25.1. The molecule has 2 aromatic heterocycles. The van der Waals surface area contributed by atoms with E-state index < -0.39 is 0 Å². The molecule has 2 bridgehead atoms. The normalized spacial score (nSPS) is 24.4. The monoisotopic (exact) mass is 506 g/mol. The quantitative estimate of drug-likeness (QED) is 0.417. The minimum absolute atomic E-state index is 0.166. The van der Waals surface area contributed by atoms with Crippen LogP contribution in [0.25, 0.3) is 32.9 Å². The van der Waals surface area contributed by atoms with E-state index in [-0.39, 0.29) is 5.54 Å². The third-order valence-corrected chi connectivity index (χ3v) is 9.40. The van der Waals surface area contributed by atoms with Crippen molar-refractivity contribution in [3.63, 3.8) is 0 Å². The molecule has 0 unspecified atom stereocenters. The first-order valence-electron chi connectivity index (χ1n) is 14.3. The van der Waals surface area contributed by atoms with Crippen molar-refractivity contribution in [1.29, 1.82) is 0 Å². The third-order valence-electron chi connectivity index (χ3n) is 9.40. The van der Waals surface area contributed by atoms with Crippen LogP contribution in [0.15, 0.2) is 54.7 Å². The van der Waals surface area contributed by atoms with Gasteiger partial charge in [0.2, 0.25) is 0 Å². The number of piperazine rings is 1. The maximum Gasteiger partial charge on any atom is 0.319 e. The Morgan fingerprint density at radius 3 is 2.55 bits per heavy atom. The van der Waals surface area contributed by atoms with E-state index in [4.69, 9.17) is 19.7 Å². The van der Waals surface area contributed by atoms with Gasteiger partial charge in [0.05, 0.1) is 22.1 Å². The molecular formula is C31H34N6O. The second-order valence-corrected chi connectivity index (χ2v) is 11.7. The van der Waals surface area contributed by atoms with E-state index in [1.807, 2.05) is 6.20 Å². The number of nitrogens with zero attached hydrogens (tertiary/aromatic N) is 5. The molecule has 194 valence electrons. The van der Waals surface area contributed by atoms with Crippen molar-refractivity contribution >= 4 is 27.5 Å². The summed E-state index contributed by atoms with van der Waals surface area (Å²) in [4.78, 5) is 20.1. The molecule has 4 aromatic rings. The van der Waals surface area contributed by atoms with Gasteiger partial charge < -0.3 is 15.0 Å². The number of benzene rings is 2. The first kappa shape index (κ1) is 22.7. The zero-order valence-electron chi connectivity index (χ0n) is 21.8. The van der Waals surface area contributed by atoms with Gasteiger partial charge in [-0.3, -0.25) is 9.88 Å². The highest BCUT2D eigenvalue weighted by Crippen LogP contribution is 2.39. The lowest BCUT2D eigenvalue weighted by Gasteiger charge is -2.34. The zero-order valence-corrected chi connectivity index (χ0v) is 21.8. The van der Waals surface area contributed by atoms with Crippen molar-refractivity contribution < 1.29 is 4.74 Å². The highest BCUT2D eigenvalue weighted by molar-refractivity contribution is 5.98. The van der Waals surface area contributed by atoms with Gasteiger partial charge in [0.25, 0.3) is 0 Å². The smallest absolute Gasteiger partial charge is 0.319 e. The third kappa shape index (κ3) is 3.75. The first-order chi connectivity index (χ1) is 18.7. The Bertz CT molecular complexity index is 1490. The number of fused-ring (bicyclic) bond motifs is 5. The van der Waals surface area contributed by atoms with Gasteiger partial charge >= 0.3 is 6.01 Å². The van der Waals surface area contributed by atoms with E-state index in [2.05, 4.69) is 63.6 Å². The number of ether oxygens (including phenoxy) is 1. The second kappa shape index (κ2) is 8.89. The van der Waals surface area contributed by atoms with Gasteiger partial charge in [-0.15, -0.1) is 0 Å². The van der Waals surface area contributed by atoms with Crippen LogP contribution in [0.5, 0.6) is 6.01 Å². The average molecular weight is 507 g/mol. The standard InChI is InChI=1S/C31H34N6O/c1-2-8-24-21(6-1)7-3-9-25(24)27-16-28-26(17-32-27)29(36-18-22-10-11-23(19-36)33-22)35-30(34-28)38-20-31-12-4-14-37(31)15-5-13-31/h1-3,6-9,16-17,22-23,33H,4-5,10-15,18-20H2/t22-,23+. The summed E-state index contributed by atoms with van der Waals surface area (Å²) in [5.41, 5.74) is 3.13. The molecule has 0 radical (unpaired) electrons. The summed E-state index contributed by atoms with van der Waals surface area (Å²) in [7, 11) is 0. The minimum Gasteiger partial charge on any atom is -0.461 e. The fourth-order valence-electron chi connectivity index (χ4n) is 7.52. The maximum atomic E-state index is 6.49. The molecule has 4 fully saturated rings. The molecule has 4 saturated heterocycles. The number of aromatic nitrogens is 3. The summed E-state index contributed by atoms with van der Waals surface area (Å²) in [6.45, 7) is 4.98. The van der Waals surface area contributed by atoms with E-state index in [0.717, 1.165) is 41.1 Å². The van der Waals surface area contributed by atoms with E-state index in [1.54, 1.807) is 0 Å². The van der Waals surface area contributed by atoms with Crippen LogP contribution in [0, 0.1) is 0 Å². The van der Waals surface area contributed by atoms with Crippen molar-refractivity contribution in [2.75, 3.05) is 37.7 Å². The number of pyridine rings is 1. The van der Waals surface area contributed by atoms with Crippen LogP contribution in [0.3, 0.4) is 0 Å². The van der Waals surface area contributed by atoms with E-state index in [1.165, 1.54) is 62.4 Å². The Balaban J connectivity index is 1.21. The van der Waals surface area contributed by atoms with Crippen LogP contribution in [0.1, 0.15) is 38.5 Å². The lowest BCUT2D eigenvalue weighted by molar-refractivity contribution is 0.108. The molecule has 0 aliphatic carbocycles. The molecule has 2 atom stereocenters. The Morgan fingerprint density at radius 1 is 0.921 bits per heavy atom. The van der Waals surface area contributed by atoms with Crippen LogP contribution >= 0.6 is 0 Å².